The normalized spacial score (nSPS) is 23.4. The number of hydrogen-bond donors (Lipinski definition) is 1. The minimum atomic E-state index is -3.73. The molecule has 0 spiro atoms. The summed E-state index contributed by atoms with van der Waals surface area (Å²) in [7, 11) is -3.73. The summed E-state index contributed by atoms with van der Waals surface area (Å²) < 4.78 is 66.4. The van der Waals surface area contributed by atoms with Gasteiger partial charge in [0.25, 0.3) is 0 Å². The minimum absolute atomic E-state index is 0.103. The van der Waals surface area contributed by atoms with Gasteiger partial charge in [-0.3, -0.25) is 4.98 Å². The van der Waals surface area contributed by atoms with E-state index in [1.54, 1.807) is 6.92 Å². The zero-order chi connectivity index (χ0) is 19.8. The van der Waals surface area contributed by atoms with E-state index in [-0.39, 0.29) is 27.8 Å². The van der Waals surface area contributed by atoms with Gasteiger partial charge in [-0.15, -0.1) is 0 Å². The maximum Gasteiger partial charge on any atom is 0.178 e. The number of pyridine rings is 1. The Morgan fingerprint density at radius 2 is 1.81 bits per heavy atom. The lowest BCUT2D eigenvalue weighted by Gasteiger charge is -2.32. The molecule has 1 saturated carbocycles. The lowest BCUT2D eigenvalue weighted by Crippen LogP contribution is -2.32. The molecule has 1 aliphatic rings. The maximum atomic E-state index is 14.4. The van der Waals surface area contributed by atoms with Gasteiger partial charge in [0.05, 0.1) is 22.4 Å². The number of halogens is 3. The van der Waals surface area contributed by atoms with Crippen LogP contribution in [0.2, 0.25) is 0 Å². The van der Waals surface area contributed by atoms with Crippen molar-refractivity contribution in [2.24, 2.45) is 5.92 Å². The molecule has 8 heteroatoms. The molecule has 4 nitrogen and oxygen atoms in total. The Balaban J connectivity index is 1.82. The molecule has 146 valence electrons. The van der Waals surface area contributed by atoms with E-state index >= 15 is 0 Å². The Hall–Kier alpha value is -1.93. The molecule has 0 amide bonds. The van der Waals surface area contributed by atoms with Crippen LogP contribution in [0.1, 0.15) is 32.6 Å². The molecule has 1 fully saturated rings. The highest BCUT2D eigenvalue weighted by Crippen LogP contribution is 2.34. The van der Waals surface area contributed by atoms with Gasteiger partial charge in [0.15, 0.2) is 15.7 Å². The molecule has 1 aliphatic carbocycles. The molecule has 1 N–H and O–H groups in total. The van der Waals surface area contributed by atoms with E-state index in [0.29, 0.717) is 31.7 Å². The number of hydrogen-bond acceptors (Lipinski definition) is 4. The Labute approximate surface area is 156 Å². The van der Waals surface area contributed by atoms with Crippen molar-refractivity contribution in [3.05, 3.63) is 47.9 Å². The summed E-state index contributed by atoms with van der Waals surface area (Å²) >= 11 is 0. The number of rotatable bonds is 4. The highest BCUT2D eigenvalue weighted by molar-refractivity contribution is 7.91. The Bertz CT molecular complexity index is 951. The summed E-state index contributed by atoms with van der Waals surface area (Å²) in [6.07, 6.45) is 2.97. The number of aromatic nitrogens is 1. The van der Waals surface area contributed by atoms with Crippen LogP contribution in [0, 0.1) is 23.4 Å². The van der Waals surface area contributed by atoms with Gasteiger partial charge in [-0.1, -0.05) is 0 Å². The van der Waals surface area contributed by atoms with Crippen LogP contribution in [-0.2, 0) is 9.84 Å². The molecule has 1 aromatic heterocycles. The van der Waals surface area contributed by atoms with Gasteiger partial charge < -0.3 is 5.11 Å². The summed E-state index contributed by atoms with van der Waals surface area (Å²) in [5.41, 5.74) is -1.38. The van der Waals surface area contributed by atoms with Gasteiger partial charge in [0.1, 0.15) is 17.3 Å². The quantitative estimate of drug-likeness (QED) is 0.847. The standard InChI is InChI=1S/C19H20F3NO3S/c1-19(24)6-4-12(5-7-19)11-27(25,26)14-2-3-15(16(21)9-14)18-17(22)8-13(20)10-23-18/h2-3,8-10,12,24H,4-7,11H2,1H3/t12-,19-. The van der Waals surface area contributed by atoms with E-state index in [1.807, 2.05) is 0 Å². The maximum absolute atomic E-state index is 14.4. The van der Waals surface area contributed by atoms with Crippen molar-refractivity contribution in [3.63, 3.8) is 0 Å². The third-order valence-corrected chi connectivity index (χ3v) is 6.88. The second kappa shape index (κ2) is 7.24. The molecule has 0 saturated heterocycles. The summed E-state index contributed by atoms with van der Waals surface area (Å²) in [6, 6.07) is 3.77. The van der Waals surface area contributed by atoms with Gasteiger partial charge in [0, 0.05) is 11.6 Å². The number of aliphatic hydroxyl groups is 1. The Morgan fingerprint density at radius 1 is 1.15 bits per heavy atom. The summed E-state index contributed by atoms with van der Waals surface area (Å²) in [5.74, 6) is -3.10. The number of benzene rings is 1. The third-order valence-electron chi connectivity index (χ3n) is 5.00. The molecule has 0 aliphatic heterocycles. The smallest absolute Gasteiger partial charge is 0.178 e. The fourth-order valence-electron chi connectivity index (χ4n) is 3.37. The van der Waals surface area contributed by atoms with Crippen LogP contribution in [0.5, 0.6) is 0 Å². The Morgan fingerprint density at radius 3 is 2.41 bits per heavy atom. The molecule has 0 atom stereocenters. The fraction of sp³-hybridized carbons (Fsp3) is 0.421. The predicted octanol–water partition coefficient (Wildman–Crippen LogP) is 3.88. The first kappa shape index (κ1) is 19.8. The molecule has 0 radical (unpaired) electrons. The van der Waals surface area contributed by atoms with Crippen molar-refractivity contribution in [1.82, 2.24) is 4.98 Å². The van der Waals surface area contributed by atoms with E-state index in [2.05, 4.69) is 4.98 Å². The van der Waals surface area contributed by atoms with Crippen molar-refractivity contribution < 1.29 is 26.7 Å². The number of sulfone groups is 1. The molecular formula is C19H20F3NO3S. The van der Waals surface area contributed by atoms with Crippen LogP contribution in [-0.4, -0.2) is 29.9 Å². The highest BCUT2D eigenvalue weighted by atomic mass is 32.2. The van der Waals surface area contributed by atoms with Crippen LogP contribution in [0.3, 0.4) is 0 Å². The van der Waals surface area contributed by atoms with Gasteiger partial charge in [-0.05, 0) is 56.7 Å². The van der Waals surface area contributed by atoms with E-state index in [9.17, 15) is 26.7 Å². The predicted molar refractivity (Wildman–Crippen MR) is 94.2 cm³/mol. The Kier molecular flexibility index (Phi) is 5.31. The average molecular weight is 399 g/mol. The van der Waals surface area contributed by atoms with Crippen molar-refractivity contribution >= 4 is 9.84 Å². The van der Waals surface area contributed by atoms with E-state index in [1.165, 1.54) is 6.07 Å². The molecular weight excluding hydrogens is 379 g/mol. The van der Waals surface area contributed by atoms with E-state index in [0.717, 1.165) is 18.3 Å². The zero-order valence-electron chi connectivity index (χ0n) is 14.8. The van der Waals surface area contributed by atoms with Crippen molar-refractivity contribution in [3.8, 4) is 11.3 Å². The lowest BCUT2D eigenvalue weighted by molar-refractivity contribution is 0.0108. The summed E-state index contributed by atoms with van der Waals surface area (Å²) in [6.45, 7) is 1.73. The minimum Gasteiger partial charge on any atom is -0.390 e. The first-order valence-electron chi connectivity index (χ1n) is 8.63. The average Bonchev–Trinajstić information content (AvgIpc) is 2.57. The SMILES string of the molecule is C[C@]1(O)CC[C@H](CS(=O)(=O)c2ccc(-c3ncc(F)cc3F)c(F)c2)CC1. The second-order valence-electron chi connectivity index (χ2n) is 7.35. The highest BCUT2D eigenvalue weighted by Gasteiger charge is 2.31. The number of nitrogens with zero attached hydrogens (tertiary/aromatic N) is 1. The molecule has 27 heavy (non-hydrogen) atoms. The van der Waals surface area contributed by atoms with Crippen LogP contribution in [0.4, 0.5) is 13.2 Å². The van der Waals surface area contributed by atoms with Crippen LogP contribution in [0.25, 0.3) is 11.3 Å². The molecule has 1 aromatic carbocycles. The third kappa shape index (κ3) is 4.50. The first-order chi connectivity index (χ1) is 12.6. The van der Waals surface area contributed by atoms with Crippen molar-refractivity contribution in [2.75, 3.05) is 5.75 Å². The van der Waals surface area contributed by atoms with Gasteiger partial charge in [-0.25, -0.2) is 21.6 Å². The fourth-order valence-corrected chi connectivity index (χ4v) is 5.07. The second-order valence-corrected chi connectivity index (χ2v) is 9.38. The van der Waals surface area contributed by atoms with Crippen molar-refractivity contribution in [2.45, 2.75) is 43.1 Å². The molecule has 0 unspecified atom stereocenters. The van der Waals surface area contributed by atoms with E-state index < -0.39 is 32.9 Å². The van der Waals surface area contributed by atoms with E-state index in [4.69, 9.17) is 0 Å². The summed E-state index contributed by atoms with van der Waals surface area (Å²) in [5, 5.41) is 9.96. The molecule has 0 bridgehead atoms. The first-order valence-corrected chi connectivity index (χ1v) is 10.3. The lowest BCUT2D eigenvalue weighted by atomic mass is 9.81. The van der Waals surface area contributed by atoms with Crippen LogP contribution >= 0.6 is 0 Å². The topological polar surface area (TPSA) is 67.3 Å². The molecule has 3 rings (SSSR count). The summed E-state index contributed by atoms with van der Waals surface area (Å²) in [4.78, 5) is 3.35. The largest absolute Gasteiger partial charge is 0.390 e. The van der Waals surface area contributed by atoms with Gasteiger partial charge in [-0.2, -0.15) is 0 Å². The molecule has 2 aromatic rings. The molecule has 1 heterocycles. The van der Waals surface area contributed by atoms with Crippen LogP contribution in [0.15, 0.2) is 35.4 Å². The van der Waals surface area contributed by atoms with Gasteiger partial charge >= 0.3 is 0 Å². The van der Waals surface area contributed by atoms with Crippen LogP contribution < -0.4 is 0 Å². The van der Waals surface area contributed by atoms with Crippen molar-refractivity contribution in [1.29, 1.82) is 0 Å². The zero-order valence-corrected chi connectivity index (χ0v) is 15.6. The monoisotopic (exact) mass is 399 g/mol. The van der Waals surface area contributed by atoms with Gasteiger partial charge in [0.2, 0.25) is 0 Å².